The van der Waals surface area contributed by atoms with Crippen molar-refractivity contribution < 1.29 is 28.4 Å². The molecule has 0 aromatic carbocycles. The summed E-state index contributed by atoms with van der Waals surface area (Å²) in [7, 11) is 0. The van der Waals surface area contributed by atoms with Gasteiger partial charge in [-0.05, 0) is 19.9 Å². The van der Waals surface area contributed by atoms with E-state index in [2.05, 4.69) is 4.99 Å². The minimum Gasteiger partial charge on any atom is -0.462 e. The highest BCUT2D eigenvalue weighted by atomic mass is 32.1. The van der Waals surface area contributed by atoms with E-state index in [-0.39, 0.29) is 40.1 Å². The molecule has 138 valence electrons. The lowest BCUT2D eigenvalue weighted by Gasteiger charge is -2.05. The fraction of sp³-hybridized carbons (Fsp3) is 0.267. The average Bonchev–Trinajstić information content (AvgIpc) is 3.17. The van der Waals surface area contributed by atoms with Gasteiger partial charge in [-0.15, -0.1) is 0 Å². The predicted molar refractivity (Wildman–Crippen MR) is 93.3 cm³/mol. The van der Waals surface area contributed by atoms with E-state index in [1.165, 1.54) is 18.3 Å². The molecule has 2 rings (SSSR count). The van der Waals surface area contributed by atoms with Crippen molar-refractivity contribution >= 4 is 45.4 Å². The van der Waals surface area contributed by atoms with Crippen molar-refractivity contribution in [2.45, 2.75) is 13.8 Å². The van der Waals surface area contributed by atoms with Gasteiger partial charge in [0, 0.05) is 0 Å². The summed E-state index contributed by atoms with van der Waals surface area (Å²) in [5.74, 6) is -1.90. The zero-order valence-electron chi connectivity index (χ0n) is 13.9. The lowest BCUT2D eigenvalue weighted by molar-refractivity contribution is -0.402. The second-order valence-electron chi connectivity index (χ2n) is 4.65. The maximum absolute atomic E-state index is 12.2. The van der Waals surface area contributed by atoms with Crippen molar-refractivity contribution in [3.63, 3.8) is 0 Å². The van der Waals surface area contributed by atoms with Crippen LogP contribution in [0.5, 0.6) is 0 Å². The van der Waals surface area contributed by atoms with Crippen LogP contribution in [0.1, 0.15) is 40.3 Å². The smallest absolute Gasteiger partial charge is 0.433 e. The number of nitro groups is 1. The molecule has 0 atom stereocenters. The Morgan fingerprint density at radius 2 is 1.88 bits per heavy atom. The van der Waals surface area contributed by atoms with Crippen LogP contribution in [0.15, 0.2) is 21.5 Å². The number of hydrogen-bond acceptors (Lipinski definition) is 10. The Morgan fingerprint density at radius 3 is 2.42 bits per heavy atom. The Labute approximate surface area is 151 Å². The van der Waals surface area contributed by atoms with Gasteiger partial charge in [0.05, 0.1) is 25.5 Å². The normalized spacial score (nSPS) is 10.8. The van der Waals surface area contributed by atoms with Crippen LogP contribution < -0.4 is 5.73 Å². The molecular weight excluding hydrogens is 366 g/mol. The number of nitrogens with zero attached hydrogens (tertiary/aromatic N) is 2. The highest BCUT2D eigenvalue weighted by molar-refractivity contribution is 7.20. The molecule has 2 aromatic heterocycles. The summed E-state index contributed by atoms with van der Waals surface area (Å²) in [6, 6.07) is 2.51. The molecule has 0 radical (unpaired) electrons. The number of esters is 2. The highest BCUT2D eigenvalue weighted by Gasteiger charge is 2.29. The van der Waals surface area contributed by atoms with Crippen LogP contribution in [-0.4, -0.2) is 36.3 Å². The highest BCUT2D eigenvalue weighted by Crippen LogP contribution is 2.39. The summed E-state index contributed by atoms with van der Waals surface area (Å²) in [5, 5.41) is 10.8. The van der Waals surface area contributed by atoms with Crippen LogP contribution in [0.25, 0.3) is 0 Å². The van der Waals surface area contributed by atoms with Gasteiger partial charge in [-0.2, -0.15) is 0 Å². The summed E-state index contributed by atoms with van der Waals surface area (Å²) in [6.07, 6.45) is 1.18. The van der Waals surface area contributed by atoms with Crippen molar-refractivity contribution in [1.82, 2.24) is 0 Å². The Bertz CT molecular complexity index is 869. The number of aliphatic imine (C=N–C) groups is 1. The van der Waals surface area contributed by atoms with Gasteiger partial charge < -0.3 is 19.6 Å². The number of thiophene rings is 1. The number of nitrogens with two attached hydrogens (primary N) is 1. The van der Waals surface area contributed by atoms with Crippen LogP contribution in [-0.2, 0) is 9.47 Å². The quantitative estimate of drug-likeness (QED) is 0.333. The van der Waals surface area contributed by atoms with Crippen molar-refractivity contribution in [2.24, 2.45) is 4.99 Å². The second-order valence-corrected chi connectivity index (χ2v) is 5.68. The molecule has 26 heavy (non-hydrogen) atoms. The molecular formula is C15H15N3O7S. The number of carbonyl (C=O) groups excluding carboxylic acids is 2. The van der Waals surface area contributed by atoms with E-state index in [1.807, 2.05) is 0 Å². The van der Waals surface area contributed by atoms with Gasteiger partial charge in [0.1, 0.15) is 26.1 Å². The van der Waals surface area contributed by atoms with Crippen LogP contribution in [0, 0.1) is 10.1 Å². The third-order valence-corrected chi connectivity index (χ3v) is 3.90. The Balaban J connectivity index is 2.44. The molecule has 0 saturated carbocycles. The zero-order chi connectivity index (χ0) is 19.3. The number of rotatable bonds is 7. The molecule has 0 amide bonds. The summed E-state index contributed by atoms with van der Waals surface area (Å²) in [6.45, 7) is 3.42. The summed E-state index contributed by atoms with van der Waals surface area (Å²) in [4.78, 5) is 38.4. The first-order valence-corrected chi connectivity index (χ1v) is 8.25. The summed E-state index contributed by atoms with van der Waals surface area (Å²) < 4.78 is 14.8. The SMILES string of the molecule is CCOC(=O)c1c(N)sc(/N=C/c2ccc([N+](=O)[O-])o2)c1C(=O)OCC. The number of furan rings is 1. The number of anilines is 1. The average molecular weight is 381 g/mol. The molecule has 0 fully saturated rings. The molecule has 0 unspecified atom stereocenters. The topological polar surface area (TPSA) is 147 Å². The van der Waals surface area contributed by atoms with Gasteiger partial charge in [0.15, 0.2) is 5.76 Å². The molecule has 11 heteroatoms. The molecule has 0 bridgehead atoms. The minimum atomic E-state index is -0.777. The number of carbonyl (C=O) groups is 2. The van der Waals surface area contributed by atoms with Crippen LogP contribution >= 0.6 is 11.3 Å². The van der Waals surface area contributed by atoms with E-state index in [1.54, 1.807) is 13.8 Å². The Kier molecular flexibility index (Phi) is 6.07. The van der Waals surface area contributed by atoms with Crippen LogP contribution in [0.4, 0.5) is 15.9 Å². The molecule has 0 saturated heterocycles. The third-order valence-electron chi connectivity index (χ3n) is 2.98. The first-order chi connectivity index (χ1) is 12.4. The number of hydrogen-bond donors (Lipinski definition) is 1. The van der Waals surface area contributed by atoms with Gasteiger partial charge in [0.25, 0.3) is 0 Å². The van der Waals surface area contributed by atoms with Gasteiger partial charge in [-0.1, -0.05) is 11.3 Å². The van der Waals surface area contributed by atoms with Crippen molar-refractivity contribution in [1.29, 1.82) is 0 Å². The number of nitrogen functional groups attached to an aromatic ring is 1. The van der Waals surface area contributed by atoms with E-state index < -0.39 is 22.7 Å². The summed E-state index contributed by atoms with van der Waals surface area (Å²) in [5.41, 5.74) is 5.61. The maximum atomic E-state index is 12.2. The van der Waals surface area contributed by atoms with Crippen LogP contribution in [0.3, 0.4) is 0 Å². The molecule has 0 aliphatic heterocycles. The van der Waals surface area contributed by atoms with E-state index in [9.17, 15) is 19.7 Å². The molecule has 10 nitrogen and oxygen atoms in total. The van der Waals surface area contributed by atoms with E-state index in [0.29, 0.717) is 0 Å². The maximum Gasteiger partial charge on any atom is 0.433 e. The summed E-state index contributed by atoms with van der Waals surface area (Å²) >= 11 is 0.884. The van der Waals surface area contributed by atoms with E-state index in [4.69, 9.17) is 19.6 Å². The Morgan fingerprint density at radius 1 is 1.27 bits per heavy atom. The van der Waals surface area contributed by atoms with Crippen LogP contribution in [0.2, 0.25) is 0 Å². The predicted octanol–water partition coefficient (Wildman–Crippen LogP) is 2.94. The van der Waals surface area contributed by atoms with Gasteiger partial charge in [-0.25, -0.2) is 14.6 Å². The van der Waals surface area contributed by atoms with Gasteiger partial charge >= 0.3 is 17.8 Å². The lowest BCUT2D eigenvalue weighted by atomic mass is 10.1. The van der Waals surface area contributed by atoms with Crippen molar-refractivity contribution in [3.8, 4) is 0 Å². The molecule has 0 aliphatic rings. The van der Waals surface area contributed by atoms with Crippen molar-refractivity contribution in [3.05, 3.63) is 39.1 Å². The largest absolute Gasteiger partial charge is 0.462 e. The first-order valence-electron chi connectivity index (χ1n) is 7.43. The zero-order valence-corrected chi connectivity index (χ0v) is 14.7. The van der Waals surface area contributed by atoms with Gasteiger partial charge in [0.2, 0.25) is 0 Å². The molecule has 0 aliphatic carbocycles. The van der Waals surface area contributed by atoms with Gasteiger partial charge in [-0.3, -0.25) is 10.1 Å². The standard InChI is InChI=1S/C15H15N3O7S/c1-3-23-14(19)10-11(15(20)24-4-2)13(26-12(10)16)17-7-8-5-6-9(25-8)18(21)22/h5-7H,3-4,16H2,1-2H3/b17-7+. The van der Waals surface area contributed by atoms with E-state index in [0.717, 1.165) is 11.3 Å². The van der Waals surface area contributed by atoms with Crippen molar-refractivity contribution in [2.75, 3.05) is 18.9 Å². The molecule has 2 aromatic rings. The molecule has 0 spiro atoms. The molecule has 2 heterocycles. The third kappa shape index (κ3) is 4.06. The lowest BCUT2D eigenvalue weighted by Crippen LogP contribution is -2.13. The van der Waals surface area contributed by atoms with E-state index >= 15 is 0 Å². The fourth-order valence-corrected chi connectivity index (χ4v) is 2.85. The second kappa shape index (κ2) is 8.25. The monoisotopic (exact) mass is 381 g/mol. The first kappa shape index (κ1) is 19.1. The number of ether oxygens (including phenoxy) is 2. The fourth-order valence-electron chi connectivity index (χ4n) is 1.96. The molecule has 2 N–H and O–H groups in total. The Hall–Kier alpha value is -3.21. The minimum absolute atomic E-state index is 0.0454.